The van der Waals surface area contributed by atoms with Gasteiger partial charge in [-0.05, 0) is 31.5 Å². The molecule has 6 nitrogen and oxygen atoms in total. The van der Waals surface area contributed by atoms with Crippen molar-refractivity contribution in [2.75, 3.05) is 19.6 Å². The van der Waals surface area contributed by atoms with Crippen LogP contribution in [0, 0.1) is 0 Å². The molecule has 0 saturated carbocycles. The smallest absolute Gasteiger partial charge is 0.416 e. The number of halogens is 3. The predicted octanol–water partition coefficient (Wildman–Crippen LogP) is 3.16. The lowest BCUT2D eigenvalue weighted by Gasteiger charge is -2.29. The number of nitrogens with zero attached hydrogens (tertiary/aromatic N) is 1. The molecule has 1 aliphatic rings. The van der Waals surface area contributed by atoms with Crippen LogP contribution in [0.4, 0.5) is 13.2 Å². The summed E-state index contributed by atoms with van der Waals surface area (Å²) in [5.41, 5.74) is 0.757. The Morgan fingerprint density at radius 2 is 1.83 bits per heavy atom. The zero-order valence-corrected chi connectivity index (χ0v) is 16.1. The van der Waals surface area contributed by atoms with Crippen LogP contribution < -0.4 is 5.32 Å². The van der Waals surface area contributed by atoms with Gasteiger partial charge in [0.05, 0.1) is 5.56 Å². The molecular formula is C20H25F3N2O4. The topological polar surface area (TPSA) is 89.9 Å². The summed E-state index contributed by atoms with van der Waals surface area (Å²) < 4.78 is 39.3. The molecule has 0 aromatic heterocycles. The van der Waals surface area contributed by atoms with E-state index in [4.69, 9.17) is 10.2 Å². The van der Waals surface area contributed by atoms with E-state index in [1.165, 1.54) is 6.07 Å². The van der Waals surface area contributed by atoms with Crippen molar-refractivity contribution in [2.45, 2.75) is 32.1 Å². The highest BCUT2D eigenvalue weighted by Crippen LogP contribution is 2.32. The average Bonchev–Trinajstić information content (AvgIpc) is 3.14. The van der Waals surface area contributed by atoms with Gasteiger partial charge in [-0.25, -0.2) is 9.59 Å². The van der Waals surface area contributed by atoms with Crippen molar-refractivity contribution in [1.29, 1.82) is 0 Å². The van der Waals surface area contributed by atoms with E-state index in [1.807, 2.05) is 6.92 Å². The van der Waals surface area contributed by atoms with Gasteiger partial charge in [-0.2, -0.15) is 13.2 Å². The van der Waals surface area contributed by atoms with E-state index < -0.39 is 23.7 Å². The number of aliphatic carboxylic acids is 2. The third kappa shape index (κ3) is 9.40. The van der Waals surface area contributed by atoms with Crippen molar-refractivity contribution >= 4 is 11.9 Å². The van der Waals surface area contributed by atoms with Gasteiger partial charge in [0.25, 0.3) is 0 Å². The third-order valence-electron chi connectivity index (χ3n) is 4.09. The molecule has 9 heteroatoms. The van der Waals surface area contributed by atoms with Crippen molar-refractivity contribution in [3.63, 3.8) is 0 Å². The first-order valence-electron chi connectivity index (χ1n) is 8.89. The van der Waals surface area contributed by atoms with Crippen molar-refractivity contribution in [3.8, 4) is 0 Å². The number of nitrogens with one attached hydrogen (secondary N) is 1. The fraction of sp³-hybridized carbons (Fsp3) is 0.400. The van der Waals surface area contributed by atoms with Crippen molar-refractivity contribution < 1.29 is 33.0 Å². The van der Waals surface area contributed by atoms with Crippen LogP contribution in [-0.2, 0) is 22.3 Å². The van der Waals surface area contributed by atoms with Crippen LogP contribution in [0.1, 0.15) is 24.5 Å². The molecular weight excluding hydrogens is 389 g/mol. The zero-order valence-electron chi connectivity index (χ0n) is 16.1. The minimum Gasteiger partial charge on any atom is -0.478 e. The van der Waals surface area contributed by atoms with Crippen LogP contribution >= 0.6 is 0 Å². The van der Waals surface area contributed by atoms with Gasteiger partial charge >= 0.3 is 18.1 Å². The number of carbonyl (C=O) groups is 2. The maximum atomic E-state index is 13.1. The maximum absolute atomic E-state index is 13.1. The van der Waals surface area contributed by atoms with E-state index in [9.17, 15) is 22.8 Å². The largest absolute Gasteiger partial charge is 0.478 e. The molecule has 1 aromatic carbocycles. The van der Waals surface area contributed by atoms with Crippen LogP contribution in [0.5, 0.6) is 0 Å². The molecule has 0 bridgehead atoms. The molecule has 0 amide bonds. The lowest BCUT2D eigenvalue weighted by Crippen LogP contribution is -2.37. The van der Waals surface area contributed by atoms with E-state index in [0.717, 1.165) is 31.1 Å². The van der Waals surface area contributed by atoms with Crippen LogP contribution in [0.2, 0.25) is 0 Å². The average molecular weight is 414 g/mol. The van der Waals surface area contributed by atoms with Crippen molar-refractivity contribution in [2.24, 2.45) is 0 Å². The first-order chi connectivity index (χ1) is 13.5. The first kappa shape index (κ1) is 24.4. The Bertz CT molecular complexity index is 725. The second kappa shape index (κ2) is 11.4. The molecule has 2 rings (SSSR count). The number of hydrogen-bond donors (Lipinski definition) is 3. The van der Waals surface area contributed by atoms with Gasteiger partial charge < -0.3 is 15.5 Å². The summed E-state index contributed by atoms with van der Waals surface area (Å²) in [5, 5.41) is 18.9. The Balaban J connectivity index is 0.000000447. The molecule has 1 fully saturated rings. The van der Waals surface area contributed by atoms with E-state index >= 15 is 0 Å². The molecule has 1 aromatic rings. The molecule has 3 N–H and O–H groups in total. The van der Waals surface area contributed by atoms with E-state index in [0.29, 0.717) is 30.8 Å². The molecule has 160 valence electrons. The summed E-state index contributed by atoms with van der Waals surface area (Å²) >= 11 is 0. The van der Waals surface area contributed by atoms with Crippen LogP contribution in [0.3, 0.4) is 0 Å². The Labute approximate surface area is 167 Å². The molecule has 1 aliphatic heterocycles. The Morgan fingerprint density at radius 1 is 1.24 bits per heavy atom. The number of carboxylic acids is 2. The number of rotatable bonds is 7. The highest BCUT2D eigenvalue weighted by atomic mass is 19.4. The highest BCUT2D eigenvalue weighted by Gasteiger charge is 2.34. The summed E-state index contributed by atoms with van der Waals surface area (Å²) in [7, 11) is 0. The molecule has 0 unspecified atom stereocenters. The lowest BCUT2D eigenvalue weighted by molar-refractivity contribution is -0.138. The predicted molar refractivity (Wildman–Crippen MR) is 102 cm³/mol. The number of alkyl halides is 3. The number of benzene rings is 1. The fourth-order valence-corrected chi connectivity index (χ4v) is 2.91. The SMILES string of the molecule is C=C(C)CN(Cc1ccccc1C(F)(F)F)[C@H]1CCNC1.O=C(O)C=CC(=O)O. The Hall–Kier alpha value is -2.65. The Kier molecular flexibility index (Phi) is 9.57. The number of hydrogen-bond acceptors (Lipinski definition) is 4. The standard InChI is InChI=1S/C16H21F3N2.C4H4O4/c1-12(2)10-21(14-7-8-20-9-14)11-13-5-3-4-6-15(13)16(17,18)19;5-3(6)1-2-4(7)8/h3-6,14,20H,1,7-11H2,2H3;1-2H,(H,5,6)(H,7,8)/t14-;/m0./s1. The van der Waals surface area contributed by atoms with Crippen LogP contribution in [0.15, 0.2) is 48.6 Å². The second-order valence-electron chi connectivity index (χ2n) is 6.67. The summed E-state index contributed by atoms with van der Waals surface area (Å²) in [6, 6.07) is 6.09. The van der Waals surface area contributed by atoms with Gasteiger partial charge in [0.1, 0.15) is 0 Å². The van der Waals surface area contributed by atoms with Gasteiger partial charge in [-0.1, -0.05) is 30.4 Å². The van der Waals surface area contributed by atoms with Gasteiger partial charge in [0.15, 0.2) is 0 Å². The molecule has 0 radical (unpaired) electrons. The lowest BCUT2D eigenvalue weighted by atomic mass is 10.0. The third-order valence-corrected chi connectivity index (χ3v) is 4.09. The Morgan fingerprint density at radius 3 is 2.28 bits per heavy atom. The summed E-state index contributed by atoms with van der Waals surface area (Å²) in [6.07, 6.45) is -2.23. The van der Waals surface area contributed by atoms with Gasteiger partial charge in [0.2, 0.25) is 0 Å². The summed E-state index contributed by atoms with van der Waals surface area (Å²) in [5.74, 6) is -2.51. The van der Waals surface area contributed by atoms with Crippen molar-refractivity contribution in [1.82, 2.24) is 10.2 Å². The van der Waals surface area contributed by atoms with E-state index in [2.05, 4.69) is 16.8 Å². The maximum Gasteiger partial charge on any atom is 0.416 e. The molecule has 1 heterocycles. The first-order valence-corrected chi connectivity index (χ1v) is 8.89. The van der Waals surface area contributed by atoms with Gasteiger partial charge in [-0.3, -0.25) is 4.90 Å². The molecule has 0 aliphatic carbocycles. The molecule has 1 atom stereocenters. The van der Waals surface area contributed by atoms with Crippen molar-refractivity contribution in [3.05, 3.63) is 59.7 Å². The number of carboxylic acid groups (broad SMARTS) is 2. The van der Waals surface area contributed by atoms with Crippen LogP contribution in [0.25, 0.3) is 0 Å². The molecule has 29 heavy (non-hydrogen) atoms. The second-order valence-corrected chi connectivity index (χ2v) is 6.67. The fourth-order valence-electron chi connectivity index (χ4n) is 2.91. The minimum atomic E-state index is -4.31. The minimum absolute atomic E-state index is 0.267. The summed E-state index contributed by atoms with van der Waals surface area (Å²) in [4.78, 5) is 21.2. The molecule has 0 spiro atoms. The quantitative estimate of drug-likeness (QED) is 0.469. The normalized spacial score (nSPS) is 16.5. The van der Waals surface area contributed by atoms with Crippen LogP contribution in [-0.4, -0.2) is 52.7 Å². The van der Waals surface area contributed by atoms with Gasteiger partial charge in [0, 0.05) is 37.8 Å². The highest BCUT2D eigenvalue weighted by molar-refractivity contribution is 5.89. The zero-order chi connectivity index (χ0) is 22.0. The van der Waals surface area contributed by atoms with E-state index in [-0.39, 0.29) is 6.04 Å². The monoisotopic (exact) mass is 414 g/mol. The van der Waals surface area contributed by atoms with Gasteiger partial charge in [-0.15, -0.1) is 0 Å². The molecule has 1 saturated heterocycles. The summed E-state index contributed by atoms with van der Waals surface area (Å²) in [6.45, 7) is 8.46. The van der Waals surface area contributed by atoms with E-state index in [1.54, 1.807) is 12.1 Å².